The molecule has 0 unspecified atom stereocenters. The van der Waals surface area contributed by atoms with E-state index in [1.54, 1.807) is 0 Å². The van der Waals surface area contributed by atoms with Crippen LogP contribution >= 0.6 is 0 Å². The fourth-order valence-electron chi connectivity index (χ4n) is 1.84. The quantitative estimate of drug-likeness (QED) is 0.712. The maximum absolute atomic E-state index is 5.44. The summed E-state index contributed by atoms with van der Waals surface area (Å²) in [7, 11) is 0. The fourth-order valence-corrected chi connectivity index (χ4v) is 1.84. The monoisotopic (exact) mass is 192 g/mol. The molecule has 4 nitrogen and oxygen atoms in total. The van der Waals surface area contributed by atoms with Crippen molar-refractivity contribution in [3.8, 4) is 0 Å². The number of hydrogen-bond donors (Lipinski definition) is 2. The summed E-state index contributed by atoms with van der Waals surface area (Å²) in [6, 6.07) is 0. The zero-order chi connectivity index (χ0) is 9.80. The summed E-state index contributed by atoms with van der Waals surface area (Å²) in [6.07, 6.45) is 6.22. The predicted octanol–water partition coefficient (Wildman–Crippen LogP) is 0.402. The molecule has 1 fully saturated rings. The highest BCUT2D eigenvalue weighted by molar-refractivity contribution is 5.12. The largest absolute Gasteiger partial charge is 0.324 e. The van der Waals surface area contributed by atoms with Crippen molar-refractivity contribution in [3.05, 3.63) is 23.8 Å². The predicted molar refractivity (Wildman–Crippen MR) is 54.8 cm³/mol. The van der Waals surface area contributed by atoms with Gasteiger partial charge in [0.05, 0.1) is 6.54 Å². The van der Waals surface area contributed by atoms with E-state index in [0.717, 1.165) is 18.9 Å². The third-order valence-corrected chi connectivity index (χ3v) is 2.72. The standard InChI is InChI=1S/C10H16N4/c11-5-10-13-6-9(7-14-10)8-1-3-12-4-2-8/h6-8,12H,1-5,11H2. The Kier molecular flexibility index (Phi) is 3.06. The van der Waals surface area contributed by atoms with Gasteiger partial charge in [0.25, 0.3) is 0 Å². The summed E-state index contributed by atoms with van der Waals surface area (Å²) >= 11 is 0. The summed E-state index contributed by atoms with van der Waals surface area (Å²) < 4.78 is 0. The Bertz CT molecular complexity index is 277. The minimum absolute atomic E-state index is 0.423. The van der Waals surface area contributed by atoms with E-state index in [4.69, 9.17) is 5.73 Å². The number of hydrogen-bond acceptors (Lipinski definition) is 4. The Balaban J connectivity index is 2.07. The molecule has 0 aliphatic carbocycles. The maximum atomic E-state index is 5.44. The first-order chi connectivity index (χ1) is 6.90. The van der Waals surface area contributed by atoms with Crippen LogP contribution in [0.3, 0.4) is 0 Å². The van der Waals surface area contributed by atoms with E-state index < -0.39 is 0 Å². The molecule has 0 spiro atoms. The Hall–Kier alpha value is -1.00. The van der Waals surface area contributed by atoms with Gasteiger partial charge in [-0.25, -0.2) is 9.97 Å². The van der Waals surface area contributed by atoms with Crippen LogP contribution in [0.4, 0.5) is 0 Å². The molecule has 1 saturated heterocycles. The molecule has 0 saturated carbocycles. The number of nitrogens with zero attached hydrogens (tertiary/aromatic N) is 2. The van der Waals surface area contributed by atoms with Crippen molar-refractivity contribution < 1.29 is 0 Å². The summed E-state index contributed by atoms with van der Waals surface area (Å²) in [4.78, 5) is 8.43. The van der Waals surface area contributed by atoms with Crippen molar-refractivity contribution in [1.82, 2.24) is 15.3 Å². The van der Waals surface area contributed by atoms with Gasteiger partial charge in [-0.05, 0) is 37.4 Å². The second kappa shape index (κ2) is 4.48. The number of piperidine rings is 1. The van der Waals surface area contributed by atoms with Crippen LogP contribution in [0.5, 0.6) is 0 Å². The number of rotatable bonds is 2. The first kappa shape index (κ1) is 9.55. The molecule has 0 aromatic carbocycles. The van der Waals surface area contributed by atoms with Crippen molar-refractivity contribution in [3.63, 3.8) is 0 Å². The topological polar surface area (TPSA) is 63.8 Å². The van der Waals surface area contributed by atoms with E-state index in [1.165, 1.54) is 18.4 Å². The van der Waals surface area contributed by atoms with Crippen molar-refractivity contribution in [2.75, 3.05) is 13.1 Å². The first-order valence-corrected chi connectivity index (χ1v) is 5.12. The van der Waals surface area contributed by atoms with E-state index in [1.807, 2.05) is 12.4 Å². The van der Waals surface area contributed by atoms with Crippen LogP contribution in [-0.2, 0) is 6.54 Å². The van der Waals surface area contributed by atoms with Crippen LogP contribution < -0.4 is 11.1 Å². The molecule has 0 amide bonds. The number of nitrogens with one attached hydrogen (secondary N) is 1. The highest BCUT2D eigenvalue weighted by Crippen LogP contribution is 2.23. The third-order valence-electron chi connectivity index (χ3n) is 2.72. The highest BCUT2D eigenvalue weighted by Gasteiger charge is 2.15. The van der Waals surface area contributed by atoms with Crippen molar-refractivity contribution in [1.29, 1.82) is 0 Å². The minimum Gasteiger partial charge on any atom is -0.324 e. The fraction of sp³-hybridized carbons (Fsp3) is 0.600. The van der Waals surface area contributed by atoms with Crippen molar-refractivity contribution >= 4 is 0 Å². The Morgan fingerprint density at radius 1 is 1.29 bits per heavy atom. The van der Waals surface area contributed by atoms with Crippen molar-refractivity contribution in [2.45, 2.75) is 25.3 Å². The molecule has 1 aromatic rings. The van der Waals surface area contributed by atoms with Crippen LogP contribution in [0.2, 0.25) is 0 Å². The van der Waals surface area contributed by atoms with Gasteiger partial charge < -0.3 is 11.1 Å². The molecule has 0 atom stereocenters. The lowest BCUT2D eigenvalue weighted by Gasteiger charge is -2.22. The molecule has 0 bridgehead atoms. The Labute approximate surface area is 83.9 Å². The third kappa shape index (κ3) is 2.08. The van der Waals surface area contributed by atoms with Gasteiger partial charge in [0, 0.05) is 12.4 Å². The van der Waals surface area contributed by atoms with Gasteiger partial charge in [0.15, 0.2) is 0 Å². The van der Waals surface area contributed by atoms with E-state index in [2.05, 4.69) is 15.3 Å². The van der Waals surface area contributed by atoms with Gasteiger partial charge in [-0.1, -0.05) is 0 Å². The lowest BCUT2D eigenvalue weighted by molar-refractivity contribution is 0.458. The van der Waals surface area contributed by atoms with Gasteiger partial charge in [-0.15, -0.1) is 0 Å². The maximum Gasteiger partial charge on any atom is 0.141 e. The summed E-state index contributed by atoms with van der Waals surface area (Å²) in [5, 5.41) is 3.35. The number of aromatic nitrogens is 2. The van der Waals surface area contributed by atoms with Crippen LogP contribution in [0.1, 0.15) is 30.1 Å². The second-order valence-electron chi connectivity index (χ2n) is 3.66. The van der Waals surface area contributed by atoms with E-state index in [9.17, 15) is 0 Å². The number of nitrogens with two attached hydrogens (primary N) is 1. The molecular weight excluding hydrogens is 176 g/mol. The zero-order valence-electron chi connectivity index (χ0n) is 8.24. The average molecular weight is 192 g/mol. The molecular formula is C10H16N4. The molecule has 2 heterocycles. The summed E-state index contributed by atoms with van der Waals surface area (Å²) in [6.45, 7) is 2.62. The molecule has 1 aromatic heterocycles. The van der Waals surface area contributed by atoms with Crippen LogP contribution in [0.25, 0.3) is 0 Å². The van der Waals surface area contributed by atoms with Crippen molar-refractivity contribution in [2.24, 2.45) is 5.73 Å². The van der Waals surface area contributed by atoms with E-state index >= 15 is 0 Å². The van der Waals surface area contributed by atoms with Gasteiger partial charge in [0.1, 0.15) is 5.82 Å². The normalized spacial score (nSPS) is 18.4. The summed E-state index contributed by atoms with van der Waals surface area (Å²) in [5.74, 6) is 1.35. The second-order valence-corrected chi connectivity index (χ2v) is 3.66. The van der Waals surface area contributed by atoms with Crippen LogP contribution in [-0.4, -0.2) is 23.1 Å². The molecule has 14 heavy (non-hydrogen) atoms. The highest BCUT2D eigenvalue weighted by atomic mass is 14.9. The minimum atomic E-state index is 0.423. The molecule has 1 aliphatic rings. The lowest BCUT2D eigenvalue weighted by atomic mass is 9.92. The Morgan fingerprint density at radius 2 is 1.93 bits per heavy atom. The smallest absolute Gasteiger partial charge is 0.141 e. The summed E-state index contributed by atoms with van der Waals surface area (Å²) in [5.41, 5.74) is 6.70. The molecule has 3 N–H and O–H groups in total. The average Bonchev–Trinajstić information content (AvgIpc) is 2.30. The van der Waals surface area contributed by atoms with Gasteiger partial charge in [-0.2, -0.15) is 0 Å². The van der Waals surface area contributed by atoms with E-state index in [-0.39, 0.29) is 0 Å². The zero-order valence-corrected chi connectivity index (χ0v) is 8.24. The molecule has 1 aliphatic heterocycles. The first-order valence-electron chi connectivity index (χ1n) is 5.12. The van der Waals surface area contributed by atoms with Gasteiger partial charge in [-0.3, -0.25) is 0 Å². The SMILES string of the molecule is NCc1ncc(C2CCNCC2)cn1. The Morgan fingerprint density at radius 3 is 2.50 bits per heavy atom. The molecule has 0 radical (unpaired) electrons. The molecule has 4 heteroatoms. The van der Waals surface area contributed by atoms with Gasteiger partial charge >= 0.3 is 0 Å². The van der Waals surface area contributed by atoms with Crippen LogP contribution in [0.15, 0.2) is 12.4 Å². The van der Waals surface area contributed by atoms with E-state index in [0.29, 0.717) is 12.5 Å². The van der Waals surface area contributed by atoms with Crippen LogP contribution in [0, 0.1) is 0 Å². The molecule has 2 rings (SSSR count). The van der Waals surface area contributed by atoms with Gasteiger partial charge in [0.2, 0.25) is 0 Å². The molecule has 76 valence electrons. The lowest BCUT2D eigenvalue weighted by Crippen LogP contribution is -2.26.